The average Bonchev–Trinajstić information content (AvgIpc) is 2.52. The van der Waals surface area contributed by atoms with E-state index in [1.807, 2.05) is 30.3 Å². The van der Waals surface area contributed by atoms with Crippen LogP contribution in [0.4, 0.5) is 0 Å². The first-order valence-corrected chi connectivity index (χ1v) is 8.58. The molecule has 0 spiro atoms. The molecule has 2 rings (SSSR count). The number of carboxylic acid groups (broad SMARTS) is 1. The first-order chi connectivity index (χ1) is 11.5. The SMILES string of the molecule is Cc1cc(Cl)cc(C)c1CNC(CCC(=O)O)Cc1ccccc1. The fourth-order valence-corrected chi connectivity index (χ4v) is 3.27. The van der Waals surface area contributed by atoms with Crippen molar-refractivity contribution in [1.82, 2.24) is 5.32 Å². The van der Waals surface area contributed by atoms with Gasteiger partial charge in [-0.3, -0.25) is 4.79 Å². The molecule has 0 saturated heterocycles. The Bertz CT molecular complexity index is 662. The fourth-order valence-electron chi connectivity index (χ4n) is 2.94. The maximum atomic E-state index is 10.9. The molecule has 2 aromatic rings. The van der Waals surface area contributed by atoms with Crippen LogP contribution >= 0.6 is 11.6 Å². The van der Waals surface area contributed by atoms with Gasteiger partial charge in [0.1, 0.15) is 0 Å². The third-order valence-corrected chi connectivity index (χ3v) is 4.48. The van der Waals surface area contributed by atoms with Gasteiger partial charge >= 0.3 is 5.97 Å². The molecule has 0 aliphatic carbocycles. The lowest BCUT2D eigenvalue weighted by Crippen LogP contribution is -2.32. The number of aliphatic carboxylic acids is 1. The fraction of sp³-hybridized carbons (Fsp3) is 0.350. The molecule has 2 N–H and O–H groups in total. The molecule has 24 heavy (non-hydrogen) atoms. The van der Waals surface area contributed by atoms with E-state index in [4.69, 9.17) is 16.7 Å². The number of rotatable bonds is 8. The number of hydrogen-bond donors (Lipinski definition) is 2. The molecule has 0 amide bonds. The van der Waals surface area contributed by atoms with Crippen LogP contribution in [-0.2, 0) is 17.8 Å². The first-order valence-electron chi connectivity index (χ1n) is 8.20. The van der Waals surface area contributed by atoms with E-state index in [1.165, 1.54) is 11.1 Å². The van der Waals surface area contributed by atoms with Crippen LogP contribution in [0.1, 0.15) is 35.1 Å². The third kappa shape index (κ3) is 5.66. The topological polar surface area (TPSA) is 49.3 Å². The summed E-state index contributed by atoms with van der Waals surface area (Å²) in [4.78, 5) is 10.9. The summed E-state index contributed by atoms with van der Waals surface area (Å²) < 4.78 is 0. The highest BCUT2D eigenvalue weighted by atomic mass is 35.5. The zero-order valence-corrected chi connectivity index (χ0v) is 14.9. The van der Waals surface area contributed by atoms with Gasteiger partial charge in [0.2, 0.25) is 0 Å². The Hall–Kier alpha value is -1.84. The van der Waals surface area contributed by atoms with Crippen molar-refractivity contribution in [3.05, 3.63) is 69.7 Å². The van der Waals surface area contributed by atoms with Crippen LogP contribution in [-0.4, -0.2) is 17.1 Å². The average molecular weight is 346 g/mol. The number of nitrogens with one attached hydrogen (secondary N) is 1. The van der Waals surface area contributed by atoms with Crippen molar-refractivity contribution in [2.75, 3.05) is 0 Å². The van der Waals surface area contributed by atoms with E-state index < -0.39 is 5.97 Å². The number of aryl methyl sites for hydroxylation is 2. The normalized spacial score (nSPS) is 12.1. The molecule has 0 radical (unpaired) electrons. The molecule has 1 unspecified atom stereocenters. The largest absolute Gasteiger partial charge is 0.481 e. The van der Waals surface area contributed by atoms with Crippen molar-refractivity contribution >= 4 is 17.6 Å². The lowest BCUT2D eigenvalue weighted by Gasteiger charge is -2.20. The van der Waals surface area contributed by atoms with Crippen LogP contribution in [0.5, 0.6) is 0 Å². The minimum absolute atomic E-state index is 0.123. The second kappa shape index (κ2) is 8.86. The minimum atomic E-state index is -0.756. The van der Waals surface area contributed by atoms with Gasteiger partial charge in [0.05, 0.1) is 0 Å². The Kier molecular flexibility index (Phi) is 6.83. The maximum Gasteiger partial charge on any atom is 0.303 e. The van der Waals surface area contributed by atoms with E-state index in [1.54, 1.807) is 0 Å². The van der Waals surface area contributed by atoms with Gasteiger partial charge < -0.3 is 10.4 Å². The summed E-state index contributed by atoms with van der Waals surface area (Å²) >= 11 is 6.09. The molecule has 0 heterocycles. The van der Waals surface area contributed by atoms with Gasteiger partial charge in [0.25, 0.3) is 0 Å². The third-order valence-electron chi connectivity index (χ3n) is 4.26. The lowest BCUT2D eigenvalue weighted by molar-refractivity contribution is -0.137. The van der Waals surface area contributed by atoms with Crippen LogP contribution in [0.3, 0.4) is 0 Å². The first kappa shape index (κ1) is 18.5. The Morgan fingerprint density at radius 2 is 1.79 bits per heavy atom. The van der Waals surface area contributed by atoms with E-state index in [0.717, 1.165) is 22.6 Å². The summed E-state index contributed by atoms with van der Waals surface area (Å²) in [5, 5.41) is 13.3. The second-order valence-electron chi connectivity index (χ2n) is 6.22. The number of halogens is 1. The van der Waals surface area contributed by atoms with Crippen molar-refractivity contribution in [1.29, 1.82) is 0 Å². The van der Waals surface area contributed by atoms with Crippen LogP contribution in [0.2, 0.25) is 5.02 Å². The van der Waals surface area contributed by atoms with Crippen molar-refractivity contribution in [3.8, 4) is 0 Å². The molecular formula is C20H24ClNO2. The van der Waals surface area contributed by atoms with Gasteiger partial charge in [-0.25, -0.2) is 0 Å². The van der Waals surface area contributed by atoms with E-state index in [2.05, 4.69) is 31.3 Å². The predicted octanol–water partition coefficient (Wildman–Crippen LogP) is 4.52. The highest BCUT2D eigenvalue weighted by molar-refractivity contribution is 6.30. The van der Waals surface area contributed by atoms with E-state index in [9.17, 15) is 4.79 Å². The summed E-state index contributed by atoms with van der Waals surface area (Å²) in [6.45, 7) is 4.82. The molecule has 2 aromatic carbocycles. The molecule has 0 aliphatic heterocycles. The molecule has 128 valence electrons. The summed E-state index contributed by atoms with van der Waals surface area (Å²) in [5.74, 6) is -0.756. The lowest BCUT2D eigenvalue weighted by atomic mass is 9.99. The Balaban J connectivity index is 2.06. The van der Waals surface area contributed by atoms with Crippen LogP contribution < -0.4 is 5.32 Å². The summed E-state index contributed by atoms with van der Waals surface area (Å²) in [7, 11) is 0. The van der Waals surface area contributed by atoms with E-state index in [0.29, 0.717) is 13.0 Å². The smallest absolute Gasteiger partial charge is 0.303 e. The van der Waals surface area contributed by atoms with Gasteiger partial charge in [0, 0.05) is 24.0 Å². The molecule has 3 nitrogen and oxygen atoms in total. The number of carboxylic acids is 1. The van der Waals surface area contributed by atoms with E-state index in [-0.39, 0.29) is 12.5 Å². The summed E-state index contributed by atoms with van der Waals surface area (Å²) in [5.41, 5.74) is 4.76. The summed E-state index contributed by atoms with van der Waals surface area (Å²) in [6.07, 6.45) is 1.60. The Labute approximate surface area is 148 Å². The molecule has 0 aliphatic rings. The Morgan fingerprint density at radius 1 is 1.17 bits per heavy atom. The Morgan fingerprint density at radius 3 is 2.38 bits per heavy atom. The number of carbonyl (C=O) groups is 1. The molecule has 4 heteroatoms. The molecular weight excluding hydrogens is 322 g/mol. The highest BCUT2D eigenvalue weighted by Crippen LogP contribution is 2.20. The maximum absolute atomic E-state index is 10.9. The molecule has 0 bridgehead atoms. The van der Waals surface area contributed by atoms with Gasteiger partial charge in [-0.1, -0.05) is 41.9 Å². The second-order valence-corrected chi connectivity index (χ2v) is 6.65. The quantitative estimate of drug-likeness (QED) is 0.739. The molecule has 0 aromatic heterocycles. The van der Waals surface area contributed by atoms with Crippen LogP contribution in [0, 0.1) is 13.8 Å². The number of benzene rings is 2. The monoisotopic (exact) mass is 345 g/mol. The van der Waals surface area contributed by atoms with Crippen molar-refractivity contribution in [2.24, 2.45) is 0 Å². The zero-order valence-electron chi connectivity index (χ0n) is 14.2. The predicted molar refractivity (Wildman–Crippen MR) is 98.6 cm³/mol. The van der Waals surface area contributed by atoms with Crippen molar-refractivity contribution in [3.63, 3.8) is 0 Å². The minimum Gasteiger partial charge on any atom is -0.481 e. The van der Waals surface area contributed by atoms with E-state index >= 15 is 0 Å². The zero-order chi connectivity index (χ0) is 17.5. The van der Waals surface area contributed by atoms with Gasteiger partial charge in [-0.05, 0) is 61.1 Å². The molecule has 1 atom stereocenters. The molecule has 0 fully saturated rings. The van der Waals surface area contributed by atoms with Crippen molar-refractivity contribution < 1.29 is 9.90 Å². The van der Waals surface area contributed by atoms with Crippen LogP contribution in [0.25, 0.3) is 0 Å². The van der Waals surface area contributed by atoms with Gasteiger partial charge in [-0.2, -0.15) is 0 Å². The molecule has 0 saturated carbocycles. The number of hydrogen-bond acceptors (Lipinski definition) is 2. The van der Waals surface area contributed by atoms with Gasteiger partial charge in [-0.15, -0.1) is 0 Å². The summed E-state index contributed by atoms with van der Waals surface area (Å²) in [6, 6.07) is 14.2. The highest BCUT2D eigenvalue weighted by Gasteiger charge is 2.13. The van der Waals surface area contributed by atoms with Crippen LogP contribution in [0.15, 0.2) is 42.5 Å². The standard InChI is InChI=1S/C20H24ClNO2/c1-14-10-17(21)11-15(2)19(14)13-22-18(8-9-20(23)24)12-16-6-4-3-5-7-16/h3-7,10-11,18,22H,8-9,12-13H2,1-2H3,(H,23,24). The van der Waals surface area contributed by atoms with Crippen molar-refractivity contribution in [2.45, 2.75) is 45.7 Å². The van der Waals surface area contributed by atoms with Gasteiger partial charge in [0.15, 0.2) is 0 Å².